The SMILES string of the molecule is Cc1cccc(-c2ccc(S(=O)(=O)NCc3cccnc3-c3ccsc3)cc2)c1. The lowest BCUT2D eigenvalue weighted by molar-refractivity contribution is 0.581. The van der Waals surface area contributed by atoms with Crippen LogP contribution in [0.25, 0.3) is 22.4 Å². The van der Waals surface area contributed by atoms with Crippen molar-refractivity contribution in [1.29, 1.82) is 0 Å². The predicted octanol–water partition coefficient (Wildman–Crippen LogP) is 5.26. The summed E-state index contributed by atoms with van der Waals surface area (Å²) in [5.41, 5.74) is 5.85. The van der Waals surface area contributed by atoms with E-state index in [1.807, 2.05) is 66.2 Å². The molecule has 0 saturated carbocycles. The van der Waals surface area contributed by atoms with Crippen LogP contribution in [0, 0.1) is 6.92 Å². The summed E-state index contributed by atoms with van der Waals surface area (Å²) in [6, 6.07) is 20.8. The molecular weight excluding hydrogens is 400 g/mol. The summed E-state index contributed by atoms with van der Waals surface area (Å²) in [5, 5.41) is 3.98. The topological polar surface area (TPSA) is 59.1 Å². The fourth-order valence-corrected chi connectivity index (χ4v) is 4.79. The Kier molecular flexibility index (Phi) is 5.58. The molecular formula is C23H20N2O2S2. The van der Waals surface area contributed by atoms with E-state index in [0.717, 1.165) is 27.9 Å². The number of hydrogen-bond donors (Lipinski definition) is 1. The molecule has 0 spiro atoms. The highest BCUT2D eigenvalue weighted by Gasteiger charge is 2.15. The first kappa shape index (κ1) is 19.5. The molecule has 2 aromatic heterocycles. The standard InChI is InChI=1S/C23H20N2O2S2/c1-17-4-2-5-19(14-17)18-7-9-22(10-8-18)29(26,27)25-15-20-6-3-12-24-23(20)21-11-13-28-16-21/h2-14,16,25H,15H2,1H3. The summed E-state index contributed by atoms with van der Waals surface area (Å²) in [6.45, 7) is 2.22. The zero-order valence-corrected chi connectivity index (χ0v) is 17.5. The van der Waals surface area contributed by atoms with Crippen molar-refractivity contribution in [2.45, 2.75) is 18.4 Å². The number of nitrogens with zero attached hydrogens (tertiary/aromatic N) is 1. The van der Waals surface area contributed by atoms with Crippen LogP contribution in [0.5, 0.6) is 0 Å². The van der Waals surface area contributed by atoms with Crippen molar-refractivity contribution in [3.8, 4) is 22.4 Å². The first-order chi connectivity index (χ1) is 14.0. The first-order valence-corrected chi connectivity index (χ1v) is 11.6. The molecule has 0 atom stereocenters. The van der Waals surface area contributed by atoms with E-state index in [1.165, 1.54) is 5.56 Å². The van der Waals surface area contributed by atoms with Crippen molar-refractivity contribution in [2.24, 2.45) is 0 Å². The number of sulfonamides is 1. The molecule has 4 aromatic rings. The fraction of sp³-hybridized carbons (Fsp3) is 0.0870. The summed E-state index contributed by atoms with van der Waals surface area (Å²) < 4.78 is 28.2. The predicted molar refractivity (Wildman–Crippen MR) is 118 cm³/mol. The van der Waals surface area contributed by atoms with Gasteiger partial charge in [-0.25, -0.2) is 13.1 Å². The third-order valence-electron chi connectivity index (χ3n) is 4.65. The van der Waals surface area contributed by atoms with Crippen molar-refractivity contribution in [3.63, 3.8) is 0 Å². The number of pyridine rings is 1. The van der Waals surface area contributed by atoms with Gasteiger partial charge in [-0.1, -0.05) is 48.0 Å². The molecule has 0 fully saturated rings. The van der Waals surface area contributed by atoms with Crippen molar-refractivity contribution in [3.05, 3.63) is 94.8 Å². The molecule has 0 amide bonds. The van der Waals surface area contributed by atoms with Gasteiger partial charge < -0.3 is 0 Å². The van der Waals surface area contributed by atoms with Crippen LogP contribution in [0.4, 0.5) is 0 Å². The normalized spacial score (nSPS) is 11.5. The quantitative estimate of drug-likeness (QED) is 0.463. The maximum Gasteiger partial charge on any atom is 0.240 e. The number of aromatic nitrogens is 1. The van der Waals surface area contributed by atoms with Crippen molar-refractivity contribution in [1.82, 2.24) is 9.71 Å². The van der Waals surface area contributed by atoms with Crippen LogP contribution in [0.2, 0.25) is 0 Å². The minimum Gasteiger partial charge on any atom is -0.256 e. The second-order valence-electron chi connectivity index (χ2n) is 6.74. The minimum absolute atomic E-state index is 0.182. The van der Waals surface area contributed by atoms with Gasteiger partial charge in [0.15, 0.2) is 0 Å². The molecule has 0 aliphatic rings. The summed E-state index contributed by atoms with van der Waals surface area (Å²) >= 11 is 1.59. The lowest BCUT2D eigenvalue weighted by Crippen LogP contribution is -2.23. The number of hydrogen-bond acceptors (Lipinski definition) is 4. The van der Waals surface area contributed by atoms with Crippen molar-refractivity contribution >= 4 is 21.4 Å². The number of nitrogens with one attached hydrogen (secondary N) is 1. The lowest BCUT2D eigenvalue weighted by atomic mass is 10.0. The molecule has 2 heterocycles. The van der Waals surface area contributed by atoms with Gasteiger partial charge in [0.2, 0.25) is 10.0 Å². The van der Waals surface area contributed by atoms with E-state index in [1.54, 1.807) is 29.7 Å². The van der Waals surface area contributed by atoms with E-state index >= 15 is 0 Å². The number of aryl methyl sites for hydroxylation is 1. The second-order valence-corrected chi connectivity index (χ2v) is 9.29. The second kappa shape index (κ2) is 8.29. The molecule has 1 N–H and O–H groups in total. The minimum atomic E-state index is -3.63. The molecule has 4 rings (SSSR count). The van der Waals surface area contributed by atoms with Crippen LogP contribution in [-0.2, 0) is 16.6 Å². The number of thiophene rings is 1. The maximum absolute atomic E-state index is 12.8. The largest absolute Gasteiger partial charge is 0.256 e. The average molecular weight is 421 g/mol. The van der Waals surface area contributed by atoms with E-state index in [9.17, 15) is 8.42 Å². The summed E-state index contributed by atoms with van der Waals surface area (Å²) in [5.74, 6) is 0. The molecule has 0 unspecified atom stereocenters. The Bertz CT molecular complexity index is 1220. The van der Waals surface area contributed by atoms with Crippen molar-refractivity contribution in [2.75, 3.05) is 0 Å². The molecule has 0 aliphatic heterocycles. The molecule has 0 aliphatic carbocycles. The molecule has 2 aromatic carbocycles. The van der Waals surface area contributed by atoms with Crippen LogP contribution in [-0.4, -0.2) is 13.4 Å². The Morgan fingerprint density at radius 2 is 1.76 bits per heavy atom. The lowest BCUT2D eigenvalue weighted by Gasteiger charge is -2.10. The zero-order chi connectivity index (χ0) is 20.3. The highest BCUT2D eigenvalue weighted by atomic mass is 32.2. The van der Waals surface area contributed by atoms with Crippen molar-refractivity contribution < 1.29 is 8.42 Å². The monoisotopic (exact) mass is 420 g/mol. The molecule has 6 heteroatoms. The van der Waals surface area contributed by atoms with E-state index in [0.29, 0.717) is 0 Å². The van der Waals surface area contributed by atoms with Gasteiger partial charge in [0, 0.05) is 23.7 Å². The Hall–Kier alpha value is -2.80. The van der Waals surface area contributed by atoms with Crippen LogP contribution in [0.3, 0.4) is 0 Å². The summed E-state index contributed by atoms with van der Waals surface area (Å²) in [4.78, 5) is 4.66. The number of rotatable bonds is 6. The number of benzene rings is 2. The Morgan fingerprint density at radius 3 is 2.48 bits per heavy atom. The highest BCUT2D eigenvalue weighted by Crippen LogP contribution is 2.25. The van der Waals surface area contributed by atoms with Gasteiger partial charge in [0.05, 0.1) is 10.6 Å². The van der Waals surface area contributed by atoms with Gasteiger partial charge in [0.1, 0.15) is 0 Å². The molecule has 4 nitrogen and oxygen atoms in total. The van der Waals surface area contributed by atoms with Gasteiger partial charge in [0.25, 0.3) is 0 Å². The van der Waals surface area contributed by atoms with Crippen LogP contribution in [0.15, 0.2) is 88.6 Å². The Balaban J connectivity index is 1.53. The molecule has 29 heavy (non-hydrogen) atoms. The first-order valence-electron chi connectivity index (χ1n) is 9.16. The maximum atomic E-state index is 12.8. The van der Waals surface area contributed by atoms with E-state index in [4.69, 9.17) is 0 Å². The Labute approximate surface area is 175 Å². The molecule has 0 saturated heterocycles. The van der Waals surface area contributed by atoms with Gasteiger partial charge in [-0.3, -0.25) is 4.98 Å². The fourth-order valence-electron chi connectivity index (χ4n) is 3.15. The summed E-state index contributed by atoms with van der Waals surface area (Å²) in [6.07, 6.45) is 1.72. The molecule has 0 radical (unpaired) electrons. The third kappa shape index (κ3) is 4.45. The van der Waals surface area contributed by atoms with Gasteiger partial charge >= 0.3 is 0 Å². The highest BCUT2D eigenvalue weighted by molar-refractivity contribution is 7.89. The van der Waals surface area contributed by atoms with Gasteiger partial charge in [-0.15, -0.1) is 0 Å². The smallest absolute Gasteiger partial charge is 0.240 e. The van der Waals surface area contributed by atoms with Crippen LogP contribution in [0.1, 0.15) is 11.1 Å². The molecule has 0 bridgehead atoms. The average Bonchev–Trinajstić information content (AvgIpc) is 3.27. The third-order valence-corrected chi connectivity index (χ3v) is 6.75. The van der Waals surface area contributed by atoms with Crippen LogP contribution >= 0.6 is 11.3 Å². The Morgan fingerprint density at radius 1 is 0.931 bits per heavy atom. The van der Waals surface area contributed by atoms with Crippen LogP contribution < -0.4 is 4.72 Å². The van der Waals surface area contributed by atoms with Gasteiger partial charge in [-0.05, 0) is 53.3 Å². The van der Waals surface area contributed by atoms with E-state index in [2.05, 4.69) is 15.8 Å². The zero-order valence-electron chi connectivity index (χ0n) is 15.9. The summed E-state index contributed by atoms with van der Waals surface area (Å²) in [7, 11) is -3.63. The molecule has 146 valence electrons. The van der Waals surface area contributed by atoms with Gasteiger partial charge in [-0.2, -0.15) is 11.3 Å². The van der Waals surface area contributed by atoms with E-state index in [-0.39, 0.29) is 11.4 Å². The van der Waals surface area contributed by atoms with E-state index < -0.39 is 10.0 Å².